The maximum atomic E-state index is 4.93. The number of halogens is 2. The summed E-state index contributed by atoms with van der Waals surface area (Å²) in [4.78, 5) is 0. The maximum Gasteiger partial charge on any atom is 0.0920 e. The van der Waals surface area contributed by atoms with Crippen molar-refractivity contribution in [2.45, 2.75) is 85.5 Å². The molecule has 6 rings (SSSR count). The normalized spacial score (nSPS) is 11.8. The second kappa shape index (κ2) is 15.6. The summed E-state index contributed by atoms with van der Waals surface area (Å²) in [6.07, 6.45) is 2.30. The molecule has 0 fully saturated rings. The van der Waals surface area contributed by atoms with Gasteiger partial charge >= 0.3 is 37.9 Å². The Morgan fingerprint density at radius 1 is 0.841 bits per heavy atom. The zero-order valence-electron chi connectivity index (χ0n) is 27.4. The Bertz CT molecular complexity index is 1620. The molecular formula is C40H44Cl2SiZr. The molecule has 0 atom stereocenters. The van der Waals surface area contributed by atoms with Crippen LogP contribution in [0.2, 0.25) is 0 Å². The largest absolute Gasteiger partial charge is 0.184 e. The Morgan fingerprint density at radius 2 is 1.48 bits per heavy atom. The van der Waals surface area contributed by atoms with Gasteiger partial charge in [-0.2, -0.15) is 35.5 Å². The Kier molecular flexibility index (Phi) is 12.5. The van der Waals surface area contributed by atoms with Gasteiger partial charge in [-0.1, -0.05) is 126 Å². The van der Waals surface area contributed by atoms with Crippen LogP contribution in [0.25, 0.3) is 33.0 Å². The van der Waals surface area contributed by atoms with E-state index >= 15 is 0 Å². The minimum atomic E-state index is -0.826. The van der Waals surface area contributed by atoms with Crippen LogP contribution in [0.5, 0.6) is 0 Å². The standard InChI is InChI=1S/C28H37.C12H7Si.2ClH.Zr/c1-9-10-20-11-12-21-16-25(28(6,7)8)17-26(21)27(20)24-14-22(18(2)3)13-23(15-24)19(4)5;1-3-7-11-9(5-1)10-6-2-4-8-12(10)13-11;;;/h11-19H,9-10H2,1-8H3;1-7H;2*1H;/q2*-1;;;+4/p-2. The van der Waals surface area contributed by atoms with Crippen LogP contribution in [-0.2, 0) is 32.7 Å². The van der Waals surface area contributed by atoms with Gasteiger partial charge in [-0.3, -0.25) is 0 Å². The van der Waals surface area contributed by atoms with Crippen molar-refractivity contribution in [3.8, 4) is 22.3 Å². The van der Waals surface area contributed by atoms with Crippen LogP contribution in [0.4, 0.5) is 0 Å². The third-order valence-electron chi connectivity index (χ3n) is 8.29. The van der Waals surface area contributed by atoms with E-state index in [0.717, 1.165) is 15.9 Å². The molecule has 1 aliphatic rings. The zero-order valence-corrected chi connectivity index (χ0v) is 32.4. The van der Waals surface area contributed by atoms with Gasteiger partial charge in [-0.15, -0.1) is 40.1 Å². The van der Waals surface area contributed by atoms with Crippen molar-refractivity contribution in [2.75, 3.05) is 0 Å². The molecule has 1 heterocycles. The number of hydrogen-bond acceptors (Lipinski definition) is 0. The van der Waals surface area contributed by atoms with Crippen LogP contribution in [0.3, 0.4) is 0 Å². The maximum absolute atomic E-state index is 4.93. The predicted octanol–water partition coefficient (Wildman–Crippen LogP) is 11.2. The molecule has 0 aliphatic carbocycles. The van der Waals surface area contributed by atoms with Crippen molar-refractivity contribution in [1.82, 2.24) is 0 Å². The van der Waals surface area contributed by atoms with Crippen molar-refractivity contribution >= 4 is 47.7 Å². The average Bonchev–Trinajstić information content (AvgIpc) is 3.60. The molecule has 44 heavy (non-hydrogen) atoms. The minimum absolute atomic E-state index is 0.171. The third kappa shape index (κ3) is 8.30. The van der Waals surface area contributed by atoms with Gasteiger partial charge in [-0.05, 0) is 40.4 Å². The third-order valence-corrected chi connectivity index (χ3v) is 9.66. The molecule has 0 spiro atoms. The SMILES string of the molecule is CCCc1ccc2[cH-]c(C(C)(C)C)cc2c1-c1cc(C(C)C)cc(C(C)C)c1.[Cl][Zr+2][Cl].[c-]1cccc2c1[Si]c1ccccc1-2. The molecule has 0 N–H and O–H groups in total. The topological polar surface area (TPSA) is 0 Å². The molecule has 0 amide bonds. The molecule has 4 heteroatoms. The van der Waals surface area contributed by atoms with Crippen LogP contribution in [0, 0.1) is 6.07 Å². The van der Waals surface area contributed by atoms with Crippen molar-refractivity contribution in [3.63, 3.8) is 0 Å². The van der Waals surface area contributed by atoms with Crippen LogP contribution >= 0.6 is 17.0 Å². The molecule has 0 nitrogen and oxygen atoms in total. The second-order valence-electron chi connectivity index (χ2n) is 13.2. The average molecular weight is 715 g/mol. The van der Waals surface area contributed by atoms with Crippen molar-refractivity contribution in [3.05, 3.63) is 113 Å². The van der Waals surface area contributed by atoms with Crippen molar-refractivity contribution in [2.24, 2.45) is 0 Å². The van der Waals surface area contributed by atoms with E-state index in [1.54, 1.807) is 0 Å². The van der Waals surface area contributed by atoms with E-state index in [4.69, 9.17) is 17.0 Å². The fourth-order valence-corrected chi connectivity index (χ4v) is 7.10. The van der Waals surface area contributed by atoms with E-state index in [2.05, 4.69) is 140 Å². The summed E-state index contributed by atoms with van der Waals surface area (Å²) in [5, 5.41) is 5.62. The van der Waals surface area contributed by atoms with Gasteiger partial charge in [0, 0.05) is 0 Å². The first kappa shape index (κ1) is 35.0. The number of rotatable bonds is 5. The van der Waals surface area contributed by atoms with E-state index in [1.807, 2.05) is 6.07 Å². The van der Waals surface area contributed by atoms with Gasteiger partial charge in [0.25, 0.3) is 0 Å². The molecule has 5 aromatic rings. The molecule has 1 aliphatic heterocycles. The van der Waals surface area contributed by atoms with Crippen LogP contribution in [0.1, 0.15) is 95.9 Å². The fourth-order valence-electron chi connectivity index (χ4n) is 5.79. The molecule has 5 aromatic carbocycles. The Balaban J connectivity index is 0.000000226. The van der Waals surface area contributed by atoms with Gasteiger partial charge in [0.1, 0.15) is 0 Å². The molecule has 2 radical (unpaired) electrons. The summed E-state index contributed by atoms with van der Waals surface area (Å²) >= 11 is -0.826. The Morgan fingerprint density at radius 3 is 2.09 bits per heavy atom. The molecule has 0 unspecified atom stereocenters. The summed E-state index contributed by atoms with van der Waals surface area (Å²) in [6.45, 7) is 18.4. The van der Waals surface area contributed by atoms with Crippen LogP contribution in [0.15, 0.2) is 84.9 Å². The summed E-state index contributed by atoms with van der Waals surface area (Å²) in [6, 6.07) is 35.0. The van der Waals surface area contributed by atoms with Crippen molar-refractivity contribution < 1.29 is 20.8 Å². The molecule has 0 aromatic heterocycles. The van der Waals surface area contributed by atoms with E-state index in [-0.39, 0.29) is 5.41 Å². The van der Waals surface area contributed by atoms with Gasteiger partial charge < -0.3 is 0 Å². The number of fused-ring (bicyclic) bond motifs is 4. The van der Waals surface area contributed by atoms with Gasteiger partial charge in [0.05, 0.1) is 9.52 Å². The van der Waals surface area contributed by atoms with Crippen LogP contribution < -0.4 is 10.4 Å². The summed E-state index contributed by atoms with van der Waals surface area (Å²) in [5.74, 6) is 1.08. The van der Waals surface area contributed by atoms with Crippen molar-refractivity contribution in [1.29, 1.82) is 0 Å². The smallest absolute Gasteiger partial charge is 0.0920 e. The van der Waals surface area contributed by atoms with E-state index < -0.39 is 20.8 Å². The molecule has 0 bridgehead atoms. The summed E-state index contributed by atoms with van der Waals surface area (Å²) in [7, 11) is 10.7. The van der Waals surface area contributed by atoms with E-state index in [1.165, 1.54) is 72.1 Å². The predicted molar refractivity (Wildman–Crippen MR) is 193 cm³/mol. The van der Waals surface area contributed by atoms with Crippen LogP contribution in [-0.4, -0.2) is 9.52 Å². The Labute approximate surface area is 287 Å². The number of benzene rings is 4. The quantitative estimate of drug-likeness (QED) is 0.123. The minimum Gasteiger partial charge on any atom is -0.184 e. The van der Waals surface area contributed by atoms with E-state index in [0.29, 0.717) is 11.8 Å². The summed E-state index contributed by atoms with van der Waals surface area (Å²) < 4.78 is 0. The van der Waals surface area contributed by atoms with Gasteiger partial charge in [0.2, 0.25) is 0 Å². The molecule has 0 saturated carbocycles. The molecule has 226 valence electrons. The second-order valence-corrected chi connectivity index (χ2v) is 18.3. The van der Waals surface area contributed by atoms with Gasteiger partial charge in [0.15, 0.2) is 0 Å². The molecule has 0 saturated heterocycles. The Hall–Kier alpha value is -1.83. The number of hydrogen-bond donors (Lipinski definition) is 0. The first-order valence-electron chi connectivity index (χ1n) is 15.7. The number of aryl methyl sites for hydroxylation is 1. The molecular weight excluding hydrogens is 671 g/mol. The zero-order chi connectivity index (χ0) is 32.0. The first-order valence-corrected chi connectivity index (χ1v) is 23.0. The fraction of sp³-hybridized carbons (Fsp3) is 0.325. The van der Waals surface area contributed by atoms with E-state index in [9.17, 15) is 0 Å². The monoisotopic (exact) mass is 712 g/mol. The first-order chi connectivity index (χ1) is 21.0. The van der Waals surface area contributed by atoms with Gasteiger partial charge in [-0.25, -0.2) is 0 Å². The summed E-state index contributed by atoms with van der Waals surface area (Å²) in [5.41, 5.74) is 11.6.